The third kappa shape index (κ3) is 2.29. The van der Waals surface area contributed by atoms with Crippen molar-refractivity contribution in [3.8, 4) is 17.1 Å². The van der Waals surface area contributed by atoms with E-state index in [-0.39, 0.29) is 5.88 Å². The van der Waals surface area contributed by atoms with E-state index in [1.54, 1.807) is 30.3 Å². The summed E-state index contributed by atoms with van der Waals surface area (Å²) in [6, 6.07) is 11.5. The number of halogens is 1. The molecule has 0 spiro atoms. The van der Waals surface area contributed by atoms with Gasteiger partial charge in [0.15, 0.2) is 6.29 Å². The van der Waals surface area contributed by atoms with Crippen LogP contribution < -0.4 is 4.74 Å². The predicted octanol–water partition coefficient (Wildman–Crippen LogP) is 3.02. The number of aldehydes is 1. The van der Waals surface area contributed by atoms with Gasteiger partial charge in [0.1, 0.15) is 0 Å². The highest BCUT2D eigenvalue weighted by molar-refractivity contribution is 6.33. The minimum absolute atomic E-state index is 0.289. The number of hydrogen-bond acceptors (Lipinski definition) is 3. The molecule has 1 aromatic carbocycles. The normalized spacial score (nSPS) is 10.0. The predicted molar refractivity (Wildman–Crippen MR) is 65.5 cm³/mol. The van der Waals surface area contributed by atoms with Crippen molar-refractivity contribution in [2.45, 2.75) is 0 Å². The van der Waals surface area contributed by atoms with E-state index in [4.69, 9.17) is 16.3 Å². The number of ether oxygens (including phenoxy) is 1. The van der Waals surface area contributed by atoms with Gasteiger partial charge >= 0.3 is 0 Å². The van der Waals surface area contributed by atoms with E-state index in [2.05, 4.69) is 11.1 Å². The Balaban J connectivity index is 2.54. The Morgan fingerprint density at radius 1 is 1.41 bits per heavy atom. The molecule has 0 aliphatic heterocycles. The molecule has 1 aromatic heterocycles. The summed E-state index contributed by atoms with van der Waals surface area (Å²) in [4.78, 5) is 15.0. The van der Waals surface area contributed by atoms with E-state index in [9.17, 15) is 4.79 Å². The van der Waals surface area contributed by atoms with Crippen molar-refractivity contribution in [3.05, 3.63) is 47.0 Å². The number of benzene rings is 1. The van der Waals surface area contributed by atoms with Gasteiger partial charge in [0.25, 0.3) is 0 Å². The molecular formula is C13H9ClNO2. The van der Waals surface area contributed by atoms with Gasteiger partial charge in [0.05, 0.1) is 23.4 Å². The summed E-state index contributed by atoms with van der Waals surface area (Å²) in [5.41, 5.74) is 1.81. The molecular weight excluding hydrogens is 238 g/mol. The van der Waals surface area contributed by atoms with E-state index in [1.807, 2.05) is 0 Å². The van der Waals surface area contributed by atoms with E-state index in [1.165, 1.54) is 7.11 Å². The Morgan fingerprint density at radius 3 is 2.88 bits per heavy atom. The van der Waals surface area contributed by atoms with Crippen LogP contribution >= 0.6 is 11.6 Å². The summed E-state index contributed by atoms with van der Waals surface area (Å²) in [7, 11) is 1.47. The van der Waals surface area contributed by atoms with E-state index in [0.29, 0.717) is 22.6 Å². The fraction of sp³-hybridized carbons (Fsp3) is 0.0769. The zero-order chi connectivity index (χ0) is 12.3. The third-order valence-corrected chi connectivity index (χ3v) is 2.63. The lowest BCUT2D eigenvalue weighted by Gasteiger charge is -2.07. The van der Waals surface area contributed by atoms with Crippen LogP contribution in [0.15, 0.2) is 30.3 Å². The summed E-state index contributed by atoms with van der Waals surface area (Å²) in [5, 5.41) is 0.581. The van der Waals surface area contributed by atoms with Crippen molar-refractivity contribution >= 4 is 17.9 Å². The summed E-state index contributed by atoms with van der Waals surface area (Å²) in [6.07, 6.45) is 0.703. The monoisotopic (exact) mass is 246 g/mol. The number of carbonyl (C=O) groups is 1. The van der Waals surface area contributed by atoms with Crippen LogP contribution in [0.25, 0.3) is 11.3 Å². The first-order valence-electron chi connectivity index (χ1n) is 4.92. The Labute approximate surface area is 104 Å². The quantitative estimate of drug-likeness (QED) is 0.782. The number of hydrogen-bond donors (Lipinski definition) is 0. The lowest BCUT2D eigenvalue weighted by Crippen LogP contribution is -1.95. The van der Waals surface area contributed by atoms with Gasteiger partial charge in [-0.2, -0.15) is 0 Å². The molecule has 0 fully saturated rings. The largest absolute Gasteiger partial charge is 0.480 e. The first-order chi connectivity index (χ1) is 8.26. The van der Waals surface area contributed by atoms with Crippen LogP contribution in [0.1, 0.15) is 10.4 Å². The molecule has 0 atom stereocenters. The van der Waals surface area contributed by atoms with Gasteiger partial charge in [-0.1, -0.05) is 17.7 Å². The Kier molecular flexibility index (Phi) is 3.40. The number of pyridine rings is 1. The number of nitrogens with zero attached hydrogens (tertiary/aromatic N) is 1. The standard InChI is InChI=1S/C13H9ClNO2/c1-17-13-9(8-16)6-7-12(15-13)10-4-2-3-5-11(10)14/h3-8H,1H3. The van der Waals surface area contributed by atoms with Gasteiger partial charge in [-0.05, 0) is 30.3 Å². The van der Waals surface area contributed by atoms with Crippen LogP contribution in [0.2, 0.25) is 5.02 Å². The minimum Gasteiger partial charge on any atom is -0.480 e. The summed E-state index contributed by atoms with van der Waals surface area (Å²) in [5.74, 6) is 0.289. The average Bonchev–Trinajstić information content (AvgIpc) is 2.38. The molecule has 2 aromatic rings. The van der Waals surface area contributed by atoms with Gasteiger partial charge in [0, 0.05) is 5.56 Å². The molecule has 0 unspecified atom stereocenters. The molecule has 17 heavy (non-hydrogen) atoms. The molecule has 0 amide bonds. The maximum Gasteiger partial charge on any atom is 0.224 e. The maximum atomic E-state index is 10.7. The second-order valence-electron chi connectivity index (χ2n) is 3.32. The molecule has 1 heterocycles. The topological polar surface area (TPSA) is 39.2 Å². The lowest BCUT2D eigenvalue weighted by atomic mass is 10.1. The average molecular weight is 247 g/mol. The highest BCUT2D eigenvalue weighted by Gasteiger charge is 2.09. The van der Waals surface area contributed by atoms with Gasteiger partial charge < -0.3 is 4.74 Å². The van der Waals surface area contributed by atoms with Crippen LogP contribution in [0.5, 0.6) is 5.88 Å². The molecule has 1 radical (unpaired) electrons. The smallest absolute Gasteiger partial charge is 0.224 e. The minimum atomic E-state index is 0.289. The molecule has 0 saturated carbocycles. The molecule has 3 nitrogen and oxygen atoms in total. The van der Waals surface area contributed by atoms with Crippen molar-refractivity contribution < 1.29 is 9.53 Å². The van der Waals surface area contributed by atoms with Crippen molar-refractivity contribution in [3.63, 3.8) is 0 Å². The fourth-order valence-corrected chi connectivity index (χ4v) is 1.68. The van der Waals surface area contributed by atoms with E-state index in [0.717, 1.165) is 5.56 Å². The second kappa shape index (κ2) is 4.97. The van der Waals surface area contributed by atoms with Crippen LogP contribution in [-0.2, 0) is 0 Å². The molecule has 0 N–H and O–H groups in total. The summed E-state index contributed by atoms with van der Waals surface area (Å²) >= 11 is 6.06. The SMILES string of the molecule is COc1nc(-c2c[c]ccc2Cl)ccc1C=O. The number of rotatable bonds is 3. The first-order valence-corrected chi connectivity index (χ1v) is 5.30. The molecule has 0 aliphatic carbocycles. The fourth-order valence-electron chi connectivity index (χ4n) is 1.46. The van der Waals surface area contributed by atoms with Crippen LogP contribution in [0, 0.1) is 6.07 Å². The van der Waals surface area contributed by atoms with Gasteiger partial charge in [-0.25, -0.2) is 4.98 Å². The highest BCUT2D eigenvalue weighted by Crippen LogP contribution is 2.28. The van der Waals surface area contributed by atoms with E-state index >= 15 is 0 Å². The molecule has 0 aliphatic rings. The highest BCUT2D eigenvalue weighted by atomic mass is 35.5. The zero-order valence-electron chi connectivity index (χ0n) is 9.11. The van der Waals surface area contributed by atoms with Gasteiger partial charge in [-0.3, -0.25) is 4.79 Å². The second-order valence-corrected chi connectivity index (χ2v) is 3.73. The first kappa shape index (κ1) is 11.6. The third-order valence-electron chi connectivity index (χ3n) is 2.30. The Morgan fingerprint density at radius 2 is 2.24 bits per heavy atom. The zero-order valence-corrected chi connectivity index (χ0v) is 9.86. The van der Waals surface area contributed by atoms with Crippen molar-refractivity contribution in [1.82, 2.24) is 4.98 Å². The molecule has 0 saturated heterocycles. The van der Waals surface area contributed by atoms with E-state index < -0.39 is 0 Å². The van der Waals surface area contributed by atoms with Gasteiger partial charge in [-0.15, -0.1) is 0 Å². The lowest BCUT2D eigenvalue weighted by molar-refractivity contribution is 0.112. The Hall–Kier alpha value is -1.87. The maximum absolute atomic E-state index is 10.7. The van der Waals surface area contributed by atoms with Crippen molar-refractivity contribution in [2.24, 2.45) is 0 Å². The molecule has 2 rings (SSSR count). The molecule has 0 bridgehead atoms. The van der Waals surface area contributed by atoms with Crippen LogP contribution in [0.4, 0.5) is 0 Å². The number of carbonyl (C=O) groups excluding carboxylic acids is 1. The number of methoxy groups -OCH3 is 1. The summed E-state index contributed by atoms with van der Waals surface area (Å²) in [6.45, 7) is 0. The van der Waals surface area contributed by atoms with Crippen LogP contribution in [-0.4, -0.2) is 18.4 Å². The number of aromatic nitrogens is 1. The molecule has 85 valence electrons. The van der Waals surface area contributed by atoms with Crippen LogP contribution in [0.3, 0.4) is 0 Å². The molecule has 4 heteroatoms. The van der Waals surface area contributed by atoms with Crippen molar-refractivity contribution in [2.75, 3.05) is 7.11 Å². The summed E-state index contributed by atoms with van der Waals surface area (Å²) < 4.78 is 5.04. The van der Waals surface area contributed by atoms with Gasteiger partial charge in [0.2, 0.25) is 5.88 Å². The Bertz CT molecular complexity index is 555. The van der Waals surface area contributed by atoms with Crippen molar-refractivity contribution in [1.29, 1.82) is 0 Å².